The minimum atomic E-state index is -0.888. The van der Waals surface area contributed by atoms with E-state index in [0.29, 0.717) is 16.6 Å². The molecule has 0 saturated carbocycles. The number of hydrogen-bond donors (Lipinski definition) is 1. The smallest absolute Gasteiger partial charge is 0.305 e. The van der Waals surface area contributed by atoms with E-state index in [9.17, 15) is 9.59 Å². The molecule has 1 aliphatic heterocycles. The highest BCUT2D eigenvalue weighted by molar-refractivity contribution is 7.99. The number of aryl methyl sites for hydroxylation is 1. The van der Waals surface area contributed by atoms with Crippen LogP contribution in [0.25, 0.3) is 0 Å². The number of carboxylic acids is 1. The Morgan fingerprint density at radius 3 is 3.20 bits per heavy atom. The van der Waals surface area contributed by atoms with Crippen LogP contribution in [0.1, 0.15) is 18.2 Å². The zero-order chi connectivity index (χ0) is 11.0. The van der Waals surface area contributed by atoms with Crippen LogP contribution in [0.4, 0.5) is 0 Å². The number of carboxylic acid groups (broad SMARTS) is 1. The minimum Gasteiger partial charge on any atom is -0.481 e. The van der Waals surface area contributed by atoms with Gasteiger partial charge in [-0.15, -0.1) is 0 Å². The van der Waals surface area contributed by atoms with Gasteiger partial charge in [0.05, 0.1) is 12.5 Å². The van der Waals surface area contributed by atoms with Crippen LogP contribution >= 0.6 is 11.8 Å². The average molecular weight is 226 g/mol. The van der Waals surface area contributed by atoms with Gasteiger partial charge in [0.15, 0.2) is 5.16 Å². The molecule has 0 fully saturated rings. The van der Waals surface area contributed by atoms with Crippen molar-refractivity contribution in [1.82, 2.24) is 9.55 Å². The molecule has 0 spiro atoms. The standard InChI is InChI=1S/C9H10N2O3S/c1-5-2-7(12)11-6(3-8(13)14)4-15-9(11)10-5/h2,6H,3-4H2,1H3,(H,13,14)/t6-/m1/s1. The third-order valence-corrected chi connectivity index (χ3v) is 3.33. The maximum Gasteiger partial charge on any atom is 0.305 e. The molecule has 1 aliphatic rings. The van der Waals surface area contributed by atoms with Gasteiger partial charge in [-0.2, -0.15) is 0 Å². The van der Waals surface area contributed by atoms with Gasteiger partial charge in [-0.05, 0) is 6.92 Å². The highest BCUT2D eigenvalue weighted by Crippen LogP contribution is 2.31. The van der Waals surface area contributed by atoms with Gasteiger partial charge in [0.2, 0.25) is 0 Å². The maximum absolute atomic E-state index is 11.6. The van der Waals surface area contributed by atoms with Crippen LogP contribution in [0, 0.1) is 6.92 Å². The molecule has 0 aliphatic carbocycles. The van der Waals surface area contributed by atoms with Crippen LogP contribution in [0.2, 0.25) is 0 Å². The Hall–Kier alpha value is -1.30. The van der Waals surface area contributed by atoms with Crippen LogP contribution in [0.15, 0.2) is 16.0 Å². The van der Waals surface area contributed by atoms with E-state index < -0.39 is 5.97 Å². The van der Waals surface area contributed by atoms with E-state index in [-0.39, 0.29) is 18.0 Å². The second-order valence-electron chi connectivity index (χ2n) is 3.45. The van der Waals surface area contributed by atoms with Gasteiger partial charge >= 0.3 is 5.97 Å². The van der Waals surface area contributed by atoms with Gasteiger partial charge in [0.25, 0.3) is 5.56 Å². The molecule has 1 N–H and O–H groups in total. The number of hydrogen-bond acceptors (Lipinski definition) is 4. The van der Waals surface area contributed by atoms with Gasteiger partial charge in [-0.1, -0.05) is 11.8 Å². The lowest BCUT2D eigenvalue weighted by Crippen LogP contribution is -2.25. The number of nitrogens with zero attached hydrogens (tertiary/aromatic N) is 2. The van der Waals surface area contributed by atoms with Crippen LogP contribution in [-0.2, 0) is 4.79 Å². The molecule has 0 radical (unpaired) electrons. The first-order valence-corrected chi connectivity index (χ1v) is 5.51. The molecule has 1 aromatic rings. The lowest BCUT2D eigenvalue weighted by Gasteiger charge is -2.09. The summed E-state index contributed by atoms with van der Waals surface area (Å²) < 4.78 is 1.48. The van der Waals surface area contributed by atoms with Crippen molar-refractivity contribution in [3.63, 3.8) is 0 Å². The summed E-state index contributed by atoms with van der Waals surface area (Å²) in [4.78, 5) is 26.4. The molecule has 5 nitrogen and oxygen atoms in total. The van der Waals surface area contributed by atoms with E-state index in [4.69, 9.17) is 5.11 Å². The Kier molecular flexibility index (Phi) is 2.52. The minimum absolute atomic E-state index is 0.0232. The average Bonchev–Trinajstić information content (AvgIpc) is 2.46. The van der Waals surface area contributed by atoms with Gasteiger partial charge in [-0.25, -0.2) is 4.98 Å². The third kappa shape index (κ3) is 1.90. The summed E-state index contributed by atoms with van der Waals surface area (Å²) in [7, 11) is 0. The number of carbonyl (C=O) groups is 1. The van der Waals surface area contributed by atoms with E-state index in [1.807, 2.05) is 0 Å². The van der Waals surface area contributed by atoms with Crippen molar-refractivity contribution in [2.45, 2.75) is 24.5 Å². The number of aromatic nitrogens is 2. The second-order valence-corrected chi connectivity index (χ2v) is 4.44. The van der Waals surface area contributed by atoms with Gasteiger partial charge in [-0.3, -0.25) is 14.2 Å². The van der Waals surface area contributed by atoms with Crippen molar-refractivity contribution in [3.8, 4) is 0 Å². The summed E-state index contributed by atoms with van der Waals surface area (Å²) in [5.74, 6) is -0.279. The first kappa shape index (κ1) is 10.2. The third-order valence-electron chi connectivity index (χ3n) is 2.23. The van der Waals surface area contributed by atoms with E-state index in [2.05, 4.69) is 4.98 Å². The second kappa shape index (κ2) is 3.69. The fraction of sp³-hybridized carbons (Fsp3) is 0.444. The molecule has 0 saturated heterocycles. The summed E-state index contributed by atoms with van der Waals surface area (Å²) in [6, 6.07) is 1.17. The fourth-order valence-electron chi connectivity index (χ4n) is 1.61. The van der Waals surface area contributed by atoms with Gasteiger partial charge in [0, 0.05) is 17.5 Å². The van der Waals surface area contributed by atoms with E-state index in [0.717, 1.165) is 0 Å². The Morgan fingerprint density at radius 1 is 1.80 bits per heavy atom. The molecule has 0 aromatic carbocycles. The van der Waals surface area contributed by atoms with Crippen LogP contribution < -0.4 is 5.56 Å². The molecule has 2 heterocycles. The van der Waals surface area contributed by atoms with Crippen molar-refractivity contribution in [2.75, 3.05) is 5.75 Å². The zero-order valence-corrected chi connectivity index (χ0v) is 8.95. The fourth-order valence-corrected chi connectivity index (χ4v) is 2.81. The van der Waals surface area contributed by atoms with E-state index in [1.54, 1.807) is 6.92 Å². The molecule has 1 aromatic heterocycles. The SMILES string of the molecule is Cc1cc(=O)n2c(n1)SC[C@H]2CC(=O)O. The molecule has 0 amide bonds. The molecule has 0 bridgehead atoms. The maximum atomic E-state index is 11.6. The normalized spacial score (nSPS) is 18.9. The summed E-state index contributed by atoms with van der Waals surface area (Å²) in [5.41, 5.74) is 0.517. The van der Waals surface area contributed by atoms with Gasteiger partial charge < -0.3 is 5.11 Å². The summed E-state index contributed by atoms with van der Waals surface area (Å²) >= 11 is 1.43. The van der Waals surface area contributed by atoms with Crippen LogP contribution in [0.3, 0.4) is 0 Å². The largest absolute Gasteiger partial charge is 0.481 e. The molecular weight excluding hydrogens is 216 g/mol. The number of rotatable bonds is 2. The highest BCUT2D eigenvalue weighted by atomic mass is 32.2. The molecule has 6 heteroatoms. The molecule has 2 rings (SSSR count). The topological polar surface area (TPSA) is 72.2 Å². The number of aliphatic carboxylic acids is 1. The monoisotopic (exact) mass is 226 g/mol. The summed E-state index contributed by atoms with van der Waals surface area (Å²) in [6.45, 7) is 1.76. The van der Waals surface area contributed by atoms with Crippen LogP contribution in [-0.4, -0.2) is 26.4 Å². The molecular formula is C9H10N2O3S. The first-order valence-electron chi connectivity index (χ1n) is 4.52. The highest BCUT2D eigenvalue weighted by Gasteiger charge is 2.26. The first-order chi connectivity index (χ1) is 7.08. The summed E-state index contributed by atoms with van der Waals surface area (Å²) in [6.07, 6.45) is -0.0232. The van der Waals surface area contributed by atoms with E-state index in [1.165, 1.54) is 22.4 Å². The lowest BCUT2D eigenvalue weighted by atomic mass is 10.2. The summed E-state index contributed by atoms with van der Waals surface area (Å²) in [5, 5.41) is 9.33. The number of fused-ring (bicyclic) bond motifs is 1. The Balaban J connectivity index is 2.42. The van der Waals surface area contributed by atoms with E-state index >= 15 is 0 Å². The predicted molar refractivity (Wildman–Crippen MR) is 55.2 cm³/mol. The van der Waals surface area contributed by atoms with Crippen molar-refractivity contribution in [2.24, 2.45) is 0 Å². The lowest BCUT2D eigenvalue weighted by molar-refractivity contribution is -0.137. The van der Waals surface area contributed by atoms with Gasteiger partial charge in [0.1, 0.15) is 0 Å². The zero-order valence-electron chi connectivity index (χ0n) is 8.14. The quantitative estimate of drug-likeness (QED) is 0.750. The Morgan fingerprint density at radius 2 is 2.53 bits per heavy atom. The van der Waals surface area contributed by atoms with Crippen molar-refractivity contribution < 1.29 is 9.90 Å². The van der Waals surface area contributed by atoms with Crippen molar-refractivity contribution in [3.05, 3.63) is 22.1 Å². The Labute approximate surface area is 90.1 Å². The number of thioether (sulfide) groups is 1. The van der Waals surface area contributed by atoms with Crippen molar-refractivity contribution in [1.29, 1.82) is 0 Å². The van der Waals surface area contributed by atoms with Crippen molar-refractivity contribution >= 4 is 17.7 Å². The van der Waals surface area contributed by atoms with Crippen LogP contribution in [0.5, 0.6) is 0 Å². The molecule has 0 unspecified atom stereocenters. The molecule has 15 heavy (non-hydrogen) atoms. The molecule has 1 atom stereocenters. The predicted octanol–water partition coefficient (Wildman–Crippen LogP) is 0.673. The molecule has 80 valence electrons. The Bertz CT molecular complexity index is 469.